The van der Waals surface area contributed by atoms with Gasteiger partial charge in [-0.2, -0.15) is 0 Å². The lowest BCUT2D eigenvalue weighted by atomic mass is 10.2. The van der Waals surface area contributed by atoms with Crippen LogP contribution in [0.1, 0.15) is 37.9 Å². The summed E-state index contributed by atoms with van der Waals surface area (Å²) in [4.78, 5) is 4.86. The molecule has 0 aliphatic rings. The fraction of sp³-hybridized carbons (Fsp3) is 0.409. The van der Waals surface area contributed by atoms with Crippen molar-refractivity contribution in [1.82, 2.24) is 9.55 Å². The van der Waals surface area contributed by atoms with Crippen LogP contribution in [0.15, 0.2) is 54.6 Å². The molecule has 0 spiro atoms. The highest BCUT2D eigenvalue weighted by Gasteiger charge is 2.09. The molecule has 0 saturated carbocycles. The number of hydrogen-bond acceptors (Lipinski definition) is 3. The summed E-state index contributed by atoms with van der Waals surface area (Å²) in [7, 11) is 0. The number of aryl methyl sites for hydroxylation is 2. The quantitative estimate of drug-likeness (QED) is 0.515. The first-order valence-corrected chi connectivity index (χ1v) is 9.70. The van der Waals surface area contributed by atoms with E-state index in [1.165, 1.54) is 17.8 Å². The van der Waals surface area contributed by atoms with Crippen molar-refractivity contribution in [2.45, 2.75) is 45.1 Å². The molecule has 4 heteroatoms. The standard InChI is InChI=1S/C22H29N3O/c23-16-8-2-5-15-22-24-20-13-6-7-14-21(20)25(22)17-9-10-18-26-19-11-3-1-4-12-19/h1,3-4,6-7,11-14H,2,5,8-10,15-18,23H2. The van der Waals surface area contributed by atoms with Gasteiger partial charge in [-0.05, 0) is 56.5 Å². The smallest absolute Gasteiger partial charge is 0.119 e. The average Bonchev–Trinajstić information content (AvgIpc) is 3.03. The van der Waals surface area contributed by atoms with Crippen LogP contribution in [0.2, 0.25) is 0 Å². The van der Waals surface area contributed by atoms with Crippen LogP contribution in [0.4, 0.5) is 0 Å². The monoisotopic (exact) mass is 351 g/mol. The Kier molecular flexibility index (Phi) is 7.08. The SMILES string of the molecule is NCCCCCc1nc2ccccc2n1CCCCOc1ccccc1. The van der Waals surface area contributed by atoms with E-state index in [-0.39, 0.29) is 0 Å². The van der Waals surface area contributed by atoms with Crippen LogP contribution in [0, 0.1) is 0 Å². The number of benzene rings is 2. The molecule has 0 atom stereocenters. The van der Waals surface area contributed by atoms with Crippen molar-refractivity contribution in [2.75, 3.05) is 13.2 Å². The molecule has 1 heterocycles. The number of unbranched alkanes of at least 4 members (excludes halogenated alkanes) is 3. The minimum absolute atomic E-state index is 0.752. The van der Waals surface area contributed by atoms with Crippen molar-refractivity contribution in [1.29, 1.82) is 0 Å². The maximum absolute atomic E-state index is 5.80. The summed E-state index contributed by atoms with van der Waals surface area (Å²) >= 11 is 0. The van der Waals surface area contributed by atoms with Crippen LogP contribution in [0.5, 0.6) is 5.75 Å². The molecule has 0 unspecified atom stereocenters. The maximum atomic E-state index is 5.80. The predicted molar refractivity (Wildman–Crippen MR) is 108 cm³/mol. The van der Waals surface area contributed by atoms with E-state index < -0.39 is 0 Å². The molecule has 4 nitrogen and oxygen atoms in total. The zero-order valence-electron chi connectivity index (χ0n) is 15.4. The van der Waals surface area contributed by atoms with E-state index in [1.807, 2.05) is 30.3 Å². The fourth-order valence-electron chi connectivity index (χ4n) is 3.25. The Hall–Kier alpha value is -2.33. The van der Waals surface area contributed by atoms with Crippen molar-refractivity contribution >= 4 is 11.0 Å². The number of rotatable bonds is 11. The third kappa shape index (κ3) is 5.09. The minimum atomic E-state index is 0.752. The minimum Gasteiger partial charge on any atom is -0.494 e. The lowest BCUT2D eigenvalue weighted by molar-refractivity contribution is 0.303. The van der Waals surface area contributed by atoms with Gasteiger partial charge in [-0.3, -0.25) is 0 Å². The number of aromatic nitrogens is 2. The van der Waals surface area contributed by atoms with E-state index in [1.54, 1.807) is 0 Å². The molecular formula is C22H29N3O. The molecule has 26 heavy (non-hydrogen) atoms. The molecule has 0 fully saturated rings. The van der Waals surface area contributed by atoms with Crippen molar-refractivity contribution in [3.63, 3.8) is 0 Å². The van der Waals surface area contributed by atoms with E-state index in [9.17, 15) is 0 Å². The van der Waals surface area contributed by atoms with Gasteiger partial charge in [-0.25, -0.2) is 4.98 Å². The summed E-state index contributed by atoms with van der Waals surface area (Å²) in [6, 6.07) is 18.5. The van der Waals surface area contributed by atoms with Gasteiger partial charge in [0.2, 0.25) is 0 Å². The van der Waals surface area contributed by atoms with Crippen LogP contribution in [0.25, 0.3) is 11.0 Å². The first kappa shape index (κ1) is 18.5. The number of nitrogens with zero attached hydrogens (tertiary/aromatic N) is 2. The number of ether oxygens (including phenoxy) is 1. The van der Waals surface area contributed by atoms with E-state index in [0.717, 1.165) is 63.1 Å². The average molecular weight is 351 g/mol. The summed E-state index contributed by atoms with van der Waals surface area (Å²) in [6.07, 6.45) is 6.56. The predicted octanol–water partition coefficient (Wildman–Crippen LogP) is 4.57. The molecule has 0 radical (unpaired) electrons. The zero-order chi connectivity index (χ0) is 18.0. The van der Waals surface area contributed by atoms with E-state index in [4.69, 9.17) is 15.5 Å². The molecule has 2 N–H and O–H groups in total. The van der Waals surface area contributed by atoms with Gasteiger partial charge in [0.1, 0.15) is 11.6 Å². The number of imidazole rings is 1. The van der Waals surface area contributed by atoms with E-state index >= 15 is 0 Å². The number of hydrogen-bond donors (Lipinski definition) is 1. The van der Waals surface area contributed by atoms with Gasteiger partial charge < -0.3 is 15.0 Å². The lowest BCUT2D eigenvalue weighted by Crippen LogP contribution is -2.07. The highest BCUT2D eigenvalue weighted by molar-refractivity contribution is 5.75. The Morgan fingerprint density at radius 3 is 2.50 bits per heavy atom. The second-order valence-electron chi connectivity index (χ2n) is 6.64. The van der Waals surface area contributed by atoms with Gasteiger partial charge in [-0.1, -0.05) is 36.8 Å². The molecule has 3 aromatic rings. The normalized spacial score (nSPS) is 11.1. The third-order valence-electron chi connectivity index (χ3n) is 4.63. The molecule has 0 saturated heterocycles. The Morgan fingerprint density at radius 2 is 1.65 bits per heavy atom. The van der Waals surface area contributed by atoms with Crippen LogP contribution in [-0.2, 0) is 13.0 Å². The maximum Gasteiger partial charge on any atom is 0.119 e. The lowest BCUT2D eigenvalue weighted by Gasteiger charge is -2.10. The van der Waals surface area contributed by atoms with Crippen LogP contribution in [0.3, 0.4) is 0 Å². The van der Waals surface area contributed by atoms with E-state index in [2.05, 4.69) is 28.8 Å². The van der Waals surface area contributed by atoms with Gasteiger partial charge >= 0.3 is 0 Å². The Morgan fingerprint density at radius 1 is 0.846 bits per heavy atom. The molecule has 0 bridgehead atoms. The molecule has 138 valence electrons. The topological polar surface area (TPSA) is 53.1 Å². The van der Waals surface area contributed by atoms with Gasteiger partial charge in [-0.15, -0.1) is 0 Å². The first-order valence-electron chi connectivity index (χ1n) is 9.70. The van der Waals surface area contributed by atoms with Gasteiger partial charge in [0.25, 0.3) is 0 Å². The fourth-order valence-corrected chi connectivity index (χ4v) is 3.25. The molecule has 1 aromatic heterocycles. The number of para-hydroxylation sites is 3. The summed E-state index contributed by atoms with van der Waals surface area (Å²) in [5.74, 6) is 2.15. The summed E-state index contributed by atoms with van der Waals surface area (Å²) in [6.45, 7) is 2.52. The Labute approximate surface area is 156 Å². The van der Waals surface area contributed by atoms with Crippen molar-refractivity contribution < 1.29 is 4.74 Å². The van der Waals surface area contributed by atoms with Crippen LogP contribution < -0.4 is 10.5 Å². The van der Waals surface area contributed by atoms with Crippen molar-refractivity contribution in [3.8, 4) is 5.75 Å². The molecule has 0 amide bonds. The second-order valence-corrected chi connectivity index (χ2v) is 6.64. The van der Waals surface area contributed by atoms with Crippen LogP contribution >= 0.6 is 0 Å². The molecule has 0 aliphatic carbocycles. The van der Waals surface area contributed by atoms with Gasteiger partial charge in [0.15, 0.2) is 0 Å². The van der Waals surface area contributed by atoms with Gasteiger partial charge in [0, 0.05) is 13.0 Å². The Bertz CT molecular complexity index is 782. The summed E-state index contributed by atoms with van der Waals surface area (Å²) < 4.78 is 8.19. The molecule has 3 rings (SSSR count). The second kappa shape index (κ2) is 9.97. The molecular weight excluding hydrogens is 322 g/mol. The summed E-state index contributed by atoms with van der Waals surface area (Å²) in [5, 5.41) is 0. The van der Waals surface area contributed by atoms with Crippen LogP contribution in [-0.4, -0.2) is 22.7 Å². The van der Waals surface area contributed by atoms with Crippen molar-refractivity contribution in [3.05, 3.63) is 60.4 Å². The zero-order valence-corrected chi connectivity index (χ0v) is 15.4. The Balaban J connectivity index is 1.55. The first-order chi connectivity index (χ1) is 12.9. The highest BCUT2D eigenvalue weighted by Crippen LogP contribution is 2.19. The van der Waals surface area contributed by atoms with Crippen molar-refractivity contribution in [2.24, 2.45) is 5.73 Å². The number of fused-ring (bicyclic) bond motifs is 1. The van der Waals surface area contributed by atoms with E-state index in [0.29, 0.717) is 0 Å². The summed E-state index contributed by atoms with van der Waals surface area (Å²) in [5.41, 5.74) is 7.94. The third-order valence-corrected chi connectivity index (χ3v) is 4.63. The largest absolute Gasteiger partial charge is 0.494 e. The van der Waals surface area contributed by atoms with Gasteiger partial charge in [0.05, 0.1) is 17.6 Å². The molecule has 2 aromatic carbocycles. The molecule has 0 aliphatic heterocycles. The number of nitrogens with two attached hydrogens (primary N) is 1. The highest BCUT2D eigenvalue weighted by atomic mass is 16.5.